The lowest BCUT2D eigenvalue weighted by molar-refractivity contribution is -0.146. The van der Waals surface area contributed by atoms with E-state index in [1.54, 1.807) is 0 Å². The smallest absolute Gasteiger partial charge is 0.328 e. The third-order valence-electron chi connectivity index (χ3n) is 2.76. The van der Waals surface area contributed by atoms with Gasteiger partial charge in [-0.05, 0) is 17.8 Å². The first-order chi connectivity index (χ1) is 8.56. The van der Waals surface area contributed by atoms with E-state index in [1.807, 2.05) is 13.8 Å². The monoisotopic (exact) mass is 272 g/mol. The van der Waals surface area contributed by atoms with Gasteiger partial charge >= 0.3 is 5.97 Å². The van der Waals surface area contributed by atoms with Gasteiger partial charge in [0.25, 0.3) is 0 Å². The zero-order chi connectivity index (χ0) is 15.2. The predicted molar refractivity (Wildman–Crippen MR) is 75.4 cm³/mol. The van der Waals surface area contributed by atoms with Crippen molar-refractivity contribution in [1.29, 1.82) is 0 Å². The summed E-state index contributed by atoms with van der Waals surface area (Å²) >= 11 is 0. The molecule has 0 aromatic carbocycles. The van der Waals surface area contributed by atoms with Crippen LogP contribution in [0.4, 0.5) is 0 Å². The summed E-state index contributed by atoms with van der Waals surface area (Å²) < 4.78 is 4.68. The summed E-state index contributed by atoms with van der Waals surface area (Å²) in [6, 6.07) is -0.815. The lowest BCUT2D eigenvalue weighted by Crippen LogP contribution is -2.46. The molecule has 5 heteroatoms. The first kappa shape index (κ1) is 17.9. The fraction of sp³-hybridized carbons (Fsp3) is 0.857. The molecule has 19 heavy (non-hydrogen) atoms. The lowest BCUT2D eigenvalue weighted by atomic mass is 9.87. The highest BCUT2D eigenvalue weighted by molar-refractivity contribution is 5.84. The van der Waals surface area contributed by atoms with E-state index < -0.39 is 12.0 Å². The quantitative estimate of drug-likeness (QED) is 0.717. The molecule has 0 aliphatic rings. The van der Waals surface area contributed by atoms with Crippen molar-refractivity contribution < 1.29 is 14.3 Å². The van der Waals surface area contributed by atoms with Crippen molar-refractivity contribution in [2.45, 2.75) is 59.5 Å². The maximum absolute atomic E-state index is 11.9. The summed E-state index contributed by atoms with van der Waals surface area (Å²) in [5, 5.41) is 2.69. The highest BCUT2D eigenvalue weighted by atomic mass is 16.5. The minimum atomic E-state index is -0.612. The molecule has 0 saturated carbocycles. The molecule has 1 amide bonds. The van der Waals surface area contributed by atoms with Crippen molar-refractivity contribution in [2.24, 2.45) is 17.1 Å². The van der Waals surface area contributed by atoms with Crippen LogP contribution in [0.1, 0.15) is 47.5 Å². The summed E-state index contributed by atoms with van der Waals surface area (Å²) in [6.45, 7) is 9.95. The summed E-state index contributed by atoms with van der Waals surface area (Å²) in [4.78, 5) is 23.4. The third kappa shape index (κ3) is 7.82. The molecule has 0 aromatic rings. The Morgan fingerprint density at radius 2 is 1.79 bits per heavy atom. The number of carbonyl (C=O) groups is 2. The van der Waals surface area contributed by atoms with Crippen LogP contribution in [0.2, 0.25) is 0 Å². The van der Waals surface area contributed by atoms with E-state index >= 15 is 0 Å². The van der Waals surface area contributed by atoms with E-state index in [4.69, 9.17) is 5.73 Å². The average Bonchev–Trinajstić information content (AvgIpc) is 2.21. The van der Waals surface area contributed by atoms with Crippen LogP contribution in [-0.2, 0) is 14.3 Å². The zero-order valence-electron chi connectivity index (χ0n) is 12.9. The molecule has 2 atom stereocenters. The summed E-state index contributed by atoms with van der Waals surface area (Å²) in [7, 11) is 1.31. The van der Waals surface area contributed by atoms with Crippen LogP contribution in [0.15, 0.2) is 0 Å². The topological polar surface area (TPSA) is 81.4 Å². The van der Waals surface area contributed by atoms with Gasteiger partial charge in [0.1, 0.15) is 6.04 Å². The van der Waals surface area contributed by atoms with Gasteiger partial charge in [-0.15, -0.1) is 0 Å². The molecule has 0 bridgehead atoms. The van der Waals surface area contributed by atoms with Crippen molar-refractivity contribution in [2.75, 3.05) is 7.11 Å². The Morgan fingerprint density at radius 3 is 2.16 bits per heavy atom. The second-order valence-electron chi connectivity index (χ2n) is 6.54. The summed E-state index contributed by atoms with van der Waals surface area (Å²) in [6.07, 6.45) is 0.975. The molecule has 0 fully saturated rings. The highest BCUT2D eigenvalue weighted by Gasteiger charge is 2.26. The summed E-state index contributed by atoms with van der Waals surface area (Å²) in [5.74, 6) is -0.649. The molecule has 0 aliphatic carbocycles. The van der Waals surface area contributed by atoms with Crippen LogP contribution in [0.25, 0.3) is 0 Å². The van der Waals surface area contributed by atoms with Gasteiger partial charge in [-0.2, -0.15) is 0 Å². The van der Waals surface area contributed by atoms with Crippen LogP contribution >= 0.6 is 0 Å². The molecule has 0 aliphatic heterocycles. The Balaban J connectivity index is 4.39. The van der Waals surface area contributed by atoms with E-state index in [-0.39, 0.29) is 29.7 Å². The number of nitrogens with one attached hydrogen (secondary N) is 1. The number of hydrogen-bond acceptors (Lipinski definition) is 4. The molecule has 0 aromatic heterocycles. The Labute approximate surface area is 116 Å². The van der Waals surface area contributed by atoms with Crippen LogP contribution < -0.4 is 11.1 Å². The molecule has 112 valence electrons. The van der Waals surface area contributed by atoms with Crippen LogP contribution in [0, 0.1) is 11.3 Å². The lowest BCUT2D eigenvalue weighted by Gasteiger charge is -2.24. The number of esters is 1. The van der Waals surface area contributed by atoms with Gasteiger partial charge in [0.15, 0.2) is 0 Å². The summed E-state index contributed by atoms with van der Waals surface area (Å²) in [5.41, 5.74) is 6.03. The van der Waals surface area contributed by atoms with E-state index in [0.29, 0.717) is 0 Å². The SMILES string of the molecule is COC(=O)[C@@H](NC(=O)CC(N)CC(C)(C)C)C(C)C. The van der Waals surface area contributed by atoms with Gasteiger partial charge in [-0.3, -0.25) is 4.79 Å². The number of nitrogens with two attached hydrogens (primary N) is 1. The molecule has 0 rings (SSSR count). The second kappa shape index (κ2) is 7.48. The average molecular weight is 272 g/mol. The highest BCUT2D eigenvalue weighted by Crippen LogP contribution is 2.21. The molecule has 1 unspecified atom stereocenters. The second-order valence-corrected chi connectivity index (χ2v) is 6.54. The van der Waals surface area contributed by atoms with Crippen LogP contribution in [0.5, 0.6) is 0 Å². The molecule has 0 saturated heterocycles. The number of rotatable bonds is 6. The van der Waals surface area contributed by atoms with Gasteiger partial charge in [0, 0.05) is 12.5 Å². The maximum atomic E-state index is 11.9. The minimum Gasteiger partial charge on any atom is -0.467 e. The number of carbonyl (C=O) groups excluding carboxylic acids is 2. The molecule has 3 N–H and O–H groups in total. The van der Waals surface area contributed by atoms with E-state index in [0.717, 1.165) is 6.42 Å². The number of methoxy groups -OCH3 is 1. The Morgan fingerprint density at radius 1 is 1.26 bits per heavy atom. The van der Waals surface area contributed by atoms with Crippen molar-refractivity contribution >= 4 is 11.9 Å². The Kier molecular flexibility index (Phi) is 7.05. The minimum absolute atomic E-state index is 0.0183. The van der Waals surface area contributed by atoms with Gasteiger partial charge in [-0.1, -0.05) is 34.6 Å². The van der Waals surface area contributed by atoms with Crippen molar-refractivity contribution in [1.82, 2.24) is 5.32 Å². The molecular weight excluding hydrogens is 244 g/mol. The molecular formula is C14H28N2O3. The van der Waals surface area contributed by atoms with Crippen LogP contribution in [0.3, 0.4) is 0 Å². The first-order valence-corrected chi connectivity index (χ1v) is 6.69. The number of amides is 1. The van der Waals surface area contributed by atoms with Gasteiger partial charge < -0.3 is 15.8 Å². The number of hydrogen-bond donors (Lipinski definition) is 2. The van der Waals surface area contributed by atoms with Crippen molar-refractivity contribution in [3.63, 3.8) is 0 Å². The molecule has 5 nitrogen and oxygen atoms in total. The third-order valence-corrected chi connectivity index (χ3v) is 2.76. The van der Waals surface area contributed by atoms with Gasteiger partial charge in [0.2, 0.25) is 5.91 Å². The Hall–Kier alpha value is -1.10. The fourth-order valence-electron chi connectivity index (χ4n) is 1.95. The predicted octanol–water partition coefficient (Wildman–Crippen LogP) is 1.45. The zero-order valence-corrected chi connectivity index (χ0v) is 12.9. The fourth-order valence-corrected chi connectivity index (χ4v) is 1.95. The van der Waals surface area contributed by atoms with E-state index in [1.165, 1.54) is 7.11 Å². The normalized spacial score (nSPS) is 14.9. The van der Waals surface area contributed by atoms with E-state index in [2.05, 4.69) is 30.8 Å². The van der Waals surface area contributed by atoms with Gasteiger partial charge in [-0.25, -0.2) is 4.79 Å². The maximum Gasteiger partial charge on any atom is 0.328 e. The van der Waals surface area contributed by atoms with Crippen LogP contribution in [-0.4, -0.2) is 31.1 Å². The molecule has 0 radical (unpaired) electrons. The first-order valence-electron chi connectivity index (χ1n) is 6.69. The largest absolute Gasteiger partial charge is 0.467 e. The standard InChI is InChI=1S/C14H28N2O3/c1-9(2)12(13(18)19-6)16-11(17)7-10(15)8-14(3,4)5/h9-10,12H,7-8,15H2,1-6H3,(H,16,17)/t10?,12-/m0/s1. The number of ether oxygens (including phenoxy) is 1. The molecule has 0 spiro atoms. The van der Waals surface area contributed by atoms with Gasteiger partial charge in [0.05, 0.1) is 7.11 Å². The molecule has 0 heterocycles. The van der Waals surface area contributed by atoms with Crippen molar-refractivity contribution in [3.8, 4) is 0 Å². The van der Waals surface area contributed by atoms with E-state index in [9.17, 15) is 9.59 Å². The Bertz CT molecular complexity index is 308. The van der Waals surface area contributed by atoms with Crippen molar-refractivity contribution in [3.05, 3.63) is 0 Å².